The van der Waals surface area contributed by atoms with Crippen molar-refractivity contribution in [2.24, 2.45) is 34.5 Å². The van der Waals surface area contributed by atoms with E-state index < -0.39 is 0 Å². The van der Waals surface area contributed by atoms with Gasteiger partial charge in [-0.1, -0.05) is 13.8 Å². The number of nitrogens with one attached hydrogen (secondary N) is 1. The fourth-order valence-corrected chi connectivity index (χ4v) is 7.70. The van der Waals surface area contributed by atoms with Gasteiger partial charge in [0, 0.05) is 18.8 Å². The predicted molar refractivity (Wildman–Crippen MR) is 108 cm³/mol. The molecule has 4 rings (SSSR count). The van der Waals surface area contributed by atoms with Crippen LogP contribution in [0.1, 0.15) is 78.6 Å². The van der Waals surface area contributed by atoms with Crippen LogP contribution >= 0.6 is 12.2 Å². The van der Waals surface area contributed by atoms with Crippen LogP contribution in [0.5, 0.6) is 0 Å². The van der Waals surface area contributed by atoms with Gasteiger partial charge in [0.1, 0.15) is 11.9 Å². The van der Waals surface area contributed by atoms with E-state index in [2.05, 4.69) is 19.2 Å². The minimum atomic E-state index is -0.169. The molecule has 0 aliphatic heterocycles. The van der Waals surface area contributed by atoms with Gasteiger partial charge in [0.15, 0.2) is 0 Å². The molecule has 150 valence electrons. The van der Waals surface area contributed by atoms with E-state index in [9.17, 15) is 9.59 Å². The maximum atomic E-state index is 12.5. The summed E-state index contributed by atoms with van der Waals surface area (Å²) in [7, 11) is 0. The monoisotopic (exact) mass is 391 g/mol. The molecular weight excluding hydrogens is 358 g/mol. The first-order valence-corrected chi connectivity index (χ1v) is 11.2. The van der Waals surface area contributed by atoms with Crippen LogP contribution in [0, 0.1) is 34.5 Å². The van der Waals surface area contributed by atoms with Gasteiger partial charge in [0.2, 0.25) is 5.91 Å². The molecule has 0 heterocycles. The number of ketones is 1. The molecule has 7 atom stereocenters. The Kier molecular flexibility index (Phi) is 4.89. The number of carbonyl (C=O) groups is 2. The number of thiocarbonyl (C=S) groups is 1. The van der Waals surface area contributed by atoms with Crippen molar-refractivity contribution in [2.75, 3.05) is 0 Å². The zero-order chi connectivity index (χ0) is 19.4. The van der Waals surface area contributed by atoms with Gasteiger partial charge in [-0.25, -0.2) is 0 Å². The first-order valence-electron chi connectivity index (χ1n) is 10.8. The highest BCUT2D eigenvalue weighted by atomic mass is 32.1. The third kappa shape index (κ3) is 3.14. The number of amides is 1. The Labute approximate surface area is 168 Å². The molecule has 0 saturated heterocycles. The maximum absolute atomic E-state index is 12.5. The second kappa shape index (κ2) is 6.82. The van der Waals surface area contributed by atoms with Gasteiger partial charge in [-0.2, -0.15) is 0 Å². The molecule has 4 aliphatic rings. The molecule has 4 nitrogen and oxygen atoms in total. The van der Waals surface area contributed by atoms with Crippen molar-refractivity contribution in [2.45, 2.75) is 84.7 Å². The van der Waals surface area contributed by atoms with Gasteiger partial charge in [-0.3, -0.25) is 14.9 Å². The molecule has 5 heteroatoms. The zero-order valence-electron chi connectivity index (χ0n) is 16.9. The summed E-state index contributed by atoms with van der Waals surface area (Å²) in [5.41, 5.74) is 0.334. The third-order valence-electron chi connectivity index (χ3n) is 8.88. The largest absolute Gasteiger partial charge is 0.467 e. The molecule has 0 bridgehead atoms. The van der Waals surface area contributed by atoms with Gasteiger partial charge in [0.05, 0.1) is 0 Å². The fourth-order valence-electron chi connectivity index (χ4n) is 7.42. The van der Waals surface area contributed by atoms with Gasteiger partial charge >= 0.3 is 0 Å². The van der Waals surface area contributed by atoms with Gasteiger partial charge < -0.3 is 4.74 Å². The van der Waals surface area contributed by atoms with E-state index in [0.29, 0.717) is 23.0 Å². The molecule has 0 aromatic rings. The molecule has 27 heavy (non-hydrogen) atoms. The van der Waals surface area contributed by atoms with Crippen LogP contribution in [0.2, 0.25) is 0 Å². The highest BCUT2D eigenvalue weighted by Gasteiger charge is 2.60. The number of Topliss-reactive ketones (excluding diaryl/α,β-unsaturated/α-hetero) is 1. The van der Waals surface area contributed by atoms with Crippen LogP contribution < -0.4 is 5.32 Å². The maximum Gasteiger partial charge on any atom is 0.263 e. The molecular formula is C22H33NO3S. The summed E-state index contributed by atoms with van der Waals surface area (Å²) in [4.78, 5) is 23.7. The normalized spacial score (nSPS) is 46.0. The van der Waals surface area contributed by atoms with Crippen LogP contribution in [0.25, 0.3) is 0 Å². The van der Waals surface area contributed by atoms with Crippen molar-refractivity contribution < 1.29 is 14.3 Å². The lowest BCUT2D eigenvalue weighted by Gasteiger charge is -2.60. The fraction of sp³-hybridized carbons (Fsp3) is 0.864. The van der Waals surface area contributed by atoms with E-state index in [1.807, 2.05) is 0 Å². The zero-order valence-corrected chi connectivity index (χ0v) is 17.7. The van der Waals surface area contributed by atoms with Crippen molar-refractivity contribution >= 4 is 29.1 Å². The molecule has 0 spiro atoms. The van der Waals surface area contributed by atoms with Gasteiger partial charge in [-0.15, -0.1) is 0 Å². The average molecular weight is 392 g/mol. The highest BCUT2D eigenvalue weighted by molar-refractivity contribution is 7.80. The number of hydrogen-bond donors (Lipinski definition) is 1. The summed E-state index contributed by atoms with van der Waals surface area (Å²) < 4.78 is 5.89. The lowest BCUT2D eigenvalue weighted by molar-refractivity contribution is -0.141. The summed E-state index contributed by atoms with van der Waals surface area (Å²) in [5, 5.41) is 2.81. The minimum Gasteiger partial charge on any atom is -0.467 e. The molecule has 0 aromatic carbocycles. The lowest BCUT2D eigenvalue weighted by Crippen LogP contribution is -2.54. The van der Waals surface area contributed by atoms with Gasteiger partial charge in [0.25, 0.3) is 5.17 Å². The van der Waals surface area contributed by atoms with Crippen LogP contribution in [0.15, 0.2) is 0 Å². The second-order valence-corrected chi connectivity index (χ2v) is 10.4. The van der Waals surface area contributed by atoms with Gasteiger partial charge in [-0.05, 0) is 92.7 Å². The summed E-state index contributed by atoms with van der Waals surface area (Å²) in [6.45, 7) is 6.22. The summed E-state index contributed by atoms with van der Waals surface area (Å²) in [6.07, 6.45) is 10.1. The summed E-state index contributed by atoms with van der Waals surface area (Å²) >= 11 is 5.17. The van der Waals surface area contributed by atoms with Crippen molar-refractivity contribution in [3.8, 4) is 0 Å². The topological polar surface area (TPSA) is 55.4 Å². The molecule has 4 fully saturated rings. The number of ether oxygens (including phenoxy) is 1. The molecule has 0 aromatic heterocycles. The number of fused-ring (bicyclic) bond motifs is 5. The first kappa shape index (κ1) is 19.4. The third-order valence-corrected chi connectivity index (χ3v) is 9.08. The molecule has 0 unspecified atom stereocenters. The average Bonchev–Trinajstić information content (AvgIpc) is 2.90. The molecule has 4 aliphatic carbocycles. The standard InChI is InChI=1S/C22H33NO3S/c1-13(24)23-20(27)26-15-8-10-21(2)14(12-15)4-5-16-17-6-7-19(25)22(17,3)11-9-18(16)21/h14-18H,4-12H2,1-3H3,(H,23,24,27)/t14-,15+,16-,17-,18-,21-,22-/m0/s1. The molecule has 0 radical (unpaired) electrons. The number of rotatable bonds is 1. The quantitative estimate of drug-likeness (QED) is 0.673. The van der Waals surface area contributed by atoms with Crippen molar-refractivity contribution in [1.29, 1.82) is 0 Å². The Morgan fingerprint density at radius 1 is 1.11 bits per heavy atom. The van der Waals surface area contributed by atoms with Crippen LogP contribution in [-0.2, 0) is 14.3 Å². The van der Waals surface area contributed by atoms with E-state index >= 15 is 0 Å². The Bertz CT molecular complexity index is 664. The van der Waals surface area contributed by atoms with E-state index in [0.717, 1.165) is 43.9 Å². The van der Waals surface area contributed by atoms with Crippen LogP contribution in [-0.4, -0.2) is 23.0 Å². The Balaban J connectivity index is 1.45. The van der Waals surface area contributed by atoms with Crippen molar-refractivity contribution in [1.82, 2.24) is 5.32 Å². The van der Waals surface area contributed by atoms with E-state index in [-0.39, 0.29) is 22.6 Å². The first-order chi connectivity index (χ1) is 12.7. The Hall–Kier alpha value is -0.970. The molecule has 1 N–H and O–H groups in total. The Morgan fingerprint density at radius 3 is 2.63 bits per heavy atom. The minimum absolute atomic E-state index is 0.0325. The van der Waals surface area contributed by atoms with E-state index in [1.165, 1.54) is 32.6 Å². The van der Waals surface area contributed by atoms with E-state index in [4.69, 9.17) is 17.0 Å². The van der Waals surface area contributed by atoms with Crippen molar-refractivity contribution in [3.05, 3.63) is 0 Å². The smallest absolute Gasteiger partial charge is 0.263 e. The predicted octanol–water partition coefficient (Wildman–Crippen LogP) is 4.40. The second-order valence-electron chi connectivity index (χ2n) is 10.1. The van der Waals surface area contributed by atoms with Crippen molar-refractivity contribution in [3.63, 3.8) is 0 Å². The Morgan fingerprint density at radius 2 is 1.89 bits per heavy atom. The summed E-state index contributed by atoms with van der Waals surface area (Å²) in [6, 6.07) is 0. The van der Waals surface area contributed by atoms with Crippen LogP contribution in [0.3, 0.4) is 0 Å². The van der Waals surface area contributed by atoms with E-state index in [1.54, 1.807) is 0 Å². The summed E-state index contributed by atoms with van der Waals surface area (Å²) in [5.74, 6) is 3.12. The molecule has 4 saturated carbocycles. The number of carbonyl (C=O) groups excluding carboxylic acids is 2. The lowest BCUT2D eigenvalue weighted by atomic mass is 9.45. The number of hydrogen-bond acceptors (Lipinski definition) is 4. The SMILES string of the molecule is CC(=O)NC(=S)O[C@@H]1CC[C@@]2(C)[C@@H](CC[C@@H]3[C@@H]2CC[C@]2(C)C(=O)CC[C@@H]32)C1. The van der Waals surface area contributed by atoms with Crippen LogP contribution in [0.4, 0.5) is 0 Å². The highest BCUT2D eigenvalue weighted by Crippen LogP contribution is 2.65. The molecule has 1 amide bonds.